The number of anilines is 1. The Kier molecular flexibility index (Phi) is 7.05. The molecule has 3 aromatic rings. The van der Waals surface area contributed by atoms with Crippen molar-refractivity contribution in [2.24, 2.45) is 0 Å². The lowest BCUT2D eigenvalue weighted by Crippen LogP contribution is -2.43. The molecule has 1 aliphatic carbocycles. The largest absolute Gasteiger partial charge is 0.478 e. The molecule has 0 aromatic heterocycles. The summed E-state index contributed by atoms with van der Waals surface area (Å²) in [5, 5.41) is 13.5. The zero-order valence-corrected chi connectivity index (χ0v) is 18.4. The van der Waals surface area contributed by atoms with E-state index < -0.39 is 36.9 Å². The Balaban J connectivity index is 1.36. The minimum atomic E-state index is -3.02. The van der Waals surface area contributed by atoms with Crippen LogP contribution in [0.1, 0.15) is 33.8 Å². The number of fused-ring (bicyclic) bond motifs is 3. The first-order chi connectivity index (χ1) is 16.8. The predicted molar refractivity (Wildman–Crippen MR) is 125 cm³/mol. The quantitative estimate of drug-likeness (QED) is 0.426. The number of hydrogen-bond donors (Lipinski definition) is 3. The molecule has 2 amide bonds. The summed E-state index contributed by atoms with van der Waals surface area (Å²) in [7, 11) is 0. The average molecular weight is 480 g/mol. The van der Waals surface area contributed by atoms with E-state index in [4.69, 9.17) is 9.84 Å². The Labute approximate surface area is 199 Å². The van der Waals surface area contributed by atoms with Gasteiger partial charge in [-0.05, 0) is 40.5 Å². The lowest BCUT2D eigenvalue weighted by molar-refractivity contribution is -0.117. The number of amides is 2. The Morgan fingerprint density at radius 1 is 0.914 bits per heavy atom. The monoisotopic (exact) mass is 480 g/mol. The maximum atomic E-state index is 13.5. The summed E-state index contributed by atoms with van der Waals surface area (Å²) in [6, 6.07) is 19.0. The van der Waals surface area contributed by atoms with Crippen molar-refractivity contribution in [1.29, 1.82) is 0 Å². The van der Waals surface area contributed by atoms with Crippen LogP contribution in [0, 0.1) is 0 Å². The van der Waals surface area contributed by atoms with Gasteiger partial charge in [-0.1, -0.05) is 54.6 Å². The number of aromatic carboxylic acids is 1. The van der Waals surface area contributed by atoms with E-state index >= 15 is 0 Å². The molecule has 0 bridgehead atoms. The molecule has 1 unspecified atom stereocenters. The molecule has 0 saturated carbocycles. The molecule has 3 N–H and O–H groups in total. The van der Waals surface area contributed by atoms with E-state index in [9.17, 15) is 23.2 Å². The summed E-state index contributed by atoms with van der Waals surface area (Å²) in [4.78, 5) is 35.6. The SMILES string of the molecule is O=C(CC(NC(=O)OCC1c2ccccc2-c2ccccc21)C(F)F)Nc1cccc(C(=O)O)c1. The lowest BCUT2D eigenvalue weighted by Gasteiger charge is -2.19. The smallest absolute Gasteiger partial charge is 0.407 e. The third kappa shape index (κ3) is 5.46. The Morgan fingerprint density at radius 2 is 1.54 bits per heavy atom. The first-order valence-electron chi connectivity index (χ1n) is 10.9. The van der Waals surface area contributed by atoms with Gasteiger partial charge in [-0.3, -0.25) is 4.79 Å². The molecule has 0 spiro atoms. The van der Waals surface area contributed by atoms with Crippen LogP contribution >= 0.6 is 0 Å². The molecule has 0 saturated heterocycles. The molecular formula is C26H22F2N2O5. The number of alkyl carbamates (subject to hydrolysis) is 1. The van der Waals surface area contributed by atoms with Gasteiger partial charge in [0.05, 0.1) is 12.0 Å². The van der Waals surface area contributed by atoms with Gasteiger partial charge in [0.25, 0.3) is 6.43 Å². The summed E-state index contributed by atoms with van der Waals surface area (Å²) in [6.45, 7) is -0.0516. The maximum Gasteiger partial charge on any atom is 0.407 e. The van der Waals surface area contributed by atoms with Crippen molar-refractivity contribution in [2.45, 2.75) is 24.8 Å². The van der Waals surface area contributed by atoms with Gasteiger partial charge in [-0.2, -0.15) is 0 Å². The normalized spacial score (nSPS) is 13.0. The van der Waals surface area contributed by atoms with E-state index in [2.05, 4.69) is 10.6 Å². The molecule has 3 aromatic carbocycles. The van der Waals surface area contributed by atoms with Crippen LogP contribution in [0.5, 0.6) is 0 Å². The number of nitrogens with one attached hydrogen (secondary N) is 2. The predicted octanol–water partition coefficient (Wildman–Crippen LogP) is 4.89. The number of halogens is 2. The van der Waals surface area contributed by atoms with Crippen molar-refractivity contribution in [3.63, 3.8) is 0 Å². The summed E-state index contributed by atoms with van der Waals surface area (Å²) in [5.41, 5.74) is 4.11. The average Bonchev–Trinajstić information content (AvgIpc) is 3.16. The van der Waals surface area contributed by atoms with Crippen LogP contribution in [0.3, 0.4) is 0 Å². The molecular weight excluding hydrogens is 458 g/mol. The van der Waals surface area contributed by atoms with Crippen molar-refractivity contribution in [3.05, 3.63) is 89.5 Å². The number of benzene rings is 3. The van der Waals surface area contributed by atoms with Gasteiger partial charge in [-0.15, -0.1) is 0 Å². The van der Waals surface area contributed by atoms with Crippen LogP contribution in [0.15, 0.2) is 72.8 Å². The number of carbonyl (C=O) groups is 3. The highest BCUT2D eigenvalue weighted by atomic mass is 19.3. The molecule has 7 nitrogen and oxygen atoms in total. The van der Waals surface area contributed by atoms with Gasteiger partial charge in [-0.25, -0.2) is 18.4 Å². The minimum absolute atomic E-state index is 0.0516. The summed E-state index contributed by atoms with van der Waals surface area (Å²) >= 11 is 0. The summed E-state index contributed by atoms with van der Waals surface area (Å²) in [5.74, 6) is -2.23. The first kappa shape index (κ1) is 23.9. The molecule has 0 aliphatic heterocycles. The first-order valence-corrected chi connectivity index (χ1v) is 10.9. The van der Waals surface area contributed by atoms with Crippen LogP contribution in [-0.2, 0) is 9.53 Å². The van der Waals surface area contributed by atoms with Gasteiger partial charge in [0.15, 0.2) is 0 Å². The second kappa shape index (κ2) is 10.3. The highest BCUT2D eigenvalue weighted by Crippen LogP contribution is 2.44. The number of alkyl halides is 2. The van der Waals surface area contributed by atoms with E-state index in [1.54, 1.807) is 0 Å². The molecule has 0 fully saturated rings. The fourth-order valence-electron chi connectivity index (χ4n) is 4.14. The van der Waals surface area contributed by atoms with Crippen molar-refractivity contribution in [2.75, 3.05) is 11.9 Å². The zero-order chi connectivity index (χ0) is 24.9. The standard InChI is InChI=1S/C26H22F2N2O5/c27-24(28)22(13-23(31)29-16-7-5-6-15(12-16)25(32)33)30-26(34)35-14-21-19-10-3-1-8-17(19)18-9-2-4-11-20(18)21/h1-12,21-22,24H,13-14H2,(H,29,31)(H,30,34)(H,32,33). The molecule has 35 heavy (non-hydrogen) atoms. The van der Waals surface area contributed by atoms with Crippen LogP contribution in [0.2, 0.25) is 0 Å². The number of carboxylic acid groups (broad SMARTS) is 1. The minimum Gasteiger partial charge on any atom is -0.478 e. The molecule has 0 heterocycles. The van der Waals surface area contributed by atoms with Crippen molar-refractivity contribution in [1.82, 2.24) is 5.32 Å². The fraction of sp³-hybridized carbons (Fsp3) is 0.192. The number of ether oxygens (including phenoxy) is 1. The number of rotatable bonds is 8. The van der Waals surface area contributed by atoms with Crippen LogP contribution in [0.25, 0.3) is 11.1 Å². The fourth-order valence-corrected chi connectivity index (χ4v) is 4.14. The highest BCUT2D eigenvalue weighted by Gasteiger charge is 2.30. The molecule has 1 aliphatic rings. The zero-order valence-electron chi connectivity index (χ0n) is 18.4. The van der Waals surface area contributed by atoms with E-state index in [0.29, 0.717) is 0 Å². The molecule has 1 atom stereocenters. The molecule has 0 radical (unpaired) electrons. The Hall–Kier alpha value is -4.27. The van der Waals surface area contributed by atoms with Gasteiger partial charge in [0.1, 0.15) is 12.6 Å². The summed E-state index contributed by atoms with van der Waals surface area (Å²) < 4.78 is 32.4. The second-order valence-corrected chi connectivity index (χ2v) is 8.05. The molecule has 9 heteroatoms. The van der Waals surface area contributed by atoms with E-state index in [1.807, 2.05) is 48.5 Å². The third-order valence-corrected chi connectivity index (χ3v) is 5.75. The summed E-state index contributed by atoms with van der Waals surface area (Å²) in [6.07, 6.45) is -4.80. The Bertz CT molecular complexity index is 1220. The van der Waals surface area contributed by atoms with Crippen molar-refractivity contribution in [3.8, 4) is 11.1 Å². The second-order valence-electron chi connectivity index (χ2n) is 8.05. The van der Waals surface area contributed by atoms with Crippen molar-refractivity contribution < 1.29 is 33.0 Å². The topological polar surface area (TPSA) is 105 Å². The van der Waals surface area contributed by atoms with E-state index in [0.717, 1.165) is 22.3 Å². The lowest BCUT2D eigenvalue weighted by atomic mass is 9.98. The van der Waals surface area contributed by atoms with Crippen LogP contribution in [-0.4, -0.2) is 42.2 Å². The molecule has 180 valence electrons. The van der Waals surface area contributed by atoms with Crippen LogP contribution < -0.4 is 10.6 Å². The van der Waals surface area contributed by atoms with Gasteiger partial charge < -0.3 is 20.5 Å². The van der Waals surface area contributed by atoms with E-state index in [1.165, 1.54) is 24.3 Å². The molecule has 4 rings (SSSR count). The number of carboxylic acids is 1. The highest BCUT2D eigenvalue weighted by molar-refractivity contribution is 5.94. The maximum absolute atomic E-state index is 13.5. The third-order valence-electron chi connectivity index (χ3n) is 5.75. The van der Waals surface area contributed by atoms with Gasteiger partial charge >= 0.3 is 12.1 Å². The Morgan fingerprint density at radius 3 is 2.14 bits per heavy atom. The van der Waals surface area contributed by atoms with Gasteiger partial charge in [0, 0.05) is 11.6 Å². The van der Waals surface area contributed by atoms with Crippen LogP contribution in [0.4, 0.5) is 19.3 Å². The number of hydrogen-bond acceptors (Lipinski definition) is 4. The van der Waals surface area contributed by atoms with E-state index in [-0.39, 0.29) is 23.8 Å². The van der Waals surface area contributed by atoms with Crippen molar-refractivity contribution >= 4 is 23.7 Å². The number of carbonyl (C=O) groups excluding carboxylic acids is 2. The van der Waals surface area contributed by atoms with Gasteiger partial charge in [0.2, 0.25) is 5.91 Å².